The topological polar surface area (TPSA) is 36.9 Å². The van der Waals surface area contributed by atoms with Gasteiger partial charge in [-0.2, -0.15) is 0 Å². The lowest BCUT2D eigenvalue weighted by atomic mass is 10.0. The van der Waals surface area contributed by atoms with E-state index in [0.29, 0.717) is 13.3 Å². The Bertz CT molecular complexity index is 849. The number of unbranched alkanes of at least 4 members (excludes halogenated alkanes) is 2. The van der Waals surface area contributed by atoms with E-state index in [-0.39, 0.29) is 12.4 Å². The molecule has 0 saturated heterocycles. The van der Waals surface area contributed by atoms with E-state index in [1.807, 2.05) is 0 Å². The van der Waals surface area contributed by atoms with Crippen LogP contribution in [0.4, 0.5) is 0 Å². The fourth-order valence-electron chi connectivity index (χ4n) is 3.22. The molecule has 27 heavy (non-hydrogen) atoms. The Labute approximate surface area is 172 Å². The first-order valence-corrected chi connectivity index (χ1v) is 10.4. The highest BCUT2D eigenvalue weighted by Gasteiger charge is 2.11. The molecule has 0 unspecified atom stereocenters. The summed E-state index contributed by atoms with van der Waals surface area (Å²) >= 11 is 1.69. The predicted octanol–water partition coefficient (Wildman–Crippen LogP) is 3.47. The second-order valence-electron chi connectivity index (χ2n) is 6.82. The molecular formula is C21H30ClN3OS. The van der Waals surface area contributed by atoms with Crippen LogP contribution in [0.2, 0.25) is 0 Å². The van der Waals surface area contributed by atoms with Crippen molar-refractivity contribution in [1.82, 2.24) is 10.2 Å². The van der Waals surface area contributed by atoms with Gasteiger partial charge in [-0.1, -0.05) is 31.9 Å². The minimum absolute atomic E-state index is 0. The Balaban J connectivity index is 0.00000261. The number of benzene rings is 1. The molecule has 0 atom stereocenters. The van der Waals surface area contributed by atoms with E-state index in [0.717, 1.165) is 29.2 Å². The van der Waals surface area contributed by atoms with Gasteiger partial charge in [-0.15, -0.1) is 23.7 Å². The zero-order chi connectivity index (χ0) is 18.4. The van der Waals surface area contributed by atoms with E-state index < -0.39 is 0 Å². The zero-order valence-electron chi connectivity index (χ0n) is 16.5. The third kappa shape index (κ3) is 5.63. The molecule has 0 radical (unpaired) electrons. The maximum Gasteiger partial charge on any atom is 0.123 e. The van der Waals surface area contributed by atoms with Crippen LogP contribution in [0.5, 0.6) is 5.75 Å². The highest BCUT2D eigenvalue weighted by atomic mass is 35.5. The number of ether oxygens (including phenoxy) is 1. The molecular weight excluding hydrogens is 378 g/mol. The Morgan fingerprint density at radius 2 is 2.11 bits per heavy atom. The molecule has 1 N–H and O–H groups in total. The monoisotopic (exact) mass is 407 g/mol. The van der Waals surface area contributed by atoms with Crippen LogP contribution in [-0.4, -0.2) is 31.8 Å². The van der Waals surface area contributed by atoms with Gasteiger partial charge in [-0.05, 0) is 48.4 Å². The van der Waals surface area contributed by atoms with E-state index in [1.165, 1.54) is 35.6 Å². The molecule has 2 aromatic rings. The van der Waals surface area contributed by atoms with Crippen molar-refractivity contribution in [3.63, 3.8) is 0 Å². The first-order valence-electron chi connectivity index (χ1n) is 9.48. The molecule has 1 aromatic heterocycles. The molecule has 1 aromatic carbocycles. The molecule has 0 aliphatic carbocycles. The molecule has 0 bridgehead atoms. The summed E-state index contributed by atoms with van der Waals surface area (Å²) in [6.07, 6.45) is 5.00. The lowest BCUT2D eigenvalue weighted by Gasteiger charge is -2.24. The van der Waals surface area contributed by atoms with Gasteiger partial charge < -0.3 is 15.0 Å². The van der Waals surface area contributed by atoms with E-state index in [1.54, 1.807) is 11.3 Å². The fourth-order valence-corrected chi connectivity index (χ4v) is 3.98. The van der Waals surface area contributed by atoms with Crippen molar-refractivity contribution < 1.29 is 4.74 Å². The second kappa shape index (κ2) is 10.6. The van der Waals surface area contributed by atoms with Gasteiger partial charge in [0.2, 0.25) is 0 Å². The number of thiophene rings is 1. The van der Waals surface area contributed by atoms with Crippen molar-refractivity contribution in [2.75, 3.05) is 26.9 Å². The Kier molecular flexibility index (Phi) is 8.45. The minimum Gasteiger partial charge on any atom is -0.491 e. The SMILES string of the molecule is CCCCCc1ccc(OCCNC2=c3ccsc3=NCN2C)c(C)c1.Cl. The predicted molar refractivity (Wildman–Crippen MR) is 116 cm³/mol. The molecule has 3 rings (SSSR count). The van der Waals surface area contributed by atoms with Crippen LogP contribution in [0.3, 0.4) is 0 Å². The maximum absolute atomic E-state index is 6.00. The van der Waals surface area contributed by atoms with Crippen LogP contribution in [0.25, 0.3) is 5.82 Å². The summed E-state index contributed by atoms with van der Waals surface area (Å²) in [5, 5.41) is 6.80. The van der Waals surface area contributed by atoms with Crippen LogP contribution >= 0.6 is 23.7 Å². The summed E-state index contributed by atoms with van der Waals surface area (Å²) in [5.41, 5.74) is 2.63. The average Bonchev–Trinajstić information content (AvgIpc) is 3.10. The van der Waals surface area contributed by atoms with Gasteiger partial charge >= 0.3 is 0 Å². The lowest BCUT2D eigenvalue weighted by molar-refractivity contribution is 0.314. The van der Waals surface area contributed by atoms with E-state index in [9.17, 15) is 0 Å². The van der Waals surface area contributed by atoms with Crippen molar-refractivity contribution in [3.8, 4) is 5.75 Å². The largest absolute Gasteiger partial charge is 0.491 e. The van der Waals surface area contributed by atoms with Gasteiger partial charge in [0.15, 0.2) is 0 Å². The number of hydrogen-bond donors (Lipinski definition) is 1. The van der Waals surface area contributed by atoms with E-state index in [4.69, 9.17) is 4.74 Å². The van der Waals surface area contributed by atoms with Crippen LogP contribution in [0.15, 0.2) is 34.6 Å². The number of hydrogen-bond acceptors (Lipinski definition) is 5. The van der Waals surface area contributed by atoms with Gasteiger partial charge in [0.05, 0.1) is 11.8 Å². The number of fused-ring (bicyclic) bond motifs is 1. The summed E-state index contributed by atoms with van der Waals surface area (Å²) < 4.78 is 7.11. The Morgan fingerprint density at radius 3 is 2.89 bits per heavy atom. The third-order valence-electron chi connectivity index (χ3n) is 4.67. The van der Waals surface area contributed by atoms with Crippen LogP contribution < -0.4 is 19.9 Å². The van der Waals surface area contributed by atoms with Crippen molar-refractivity contribution >= 4 is 29.6 Å². The molecule has 2 heterocycles. The molecule has 6 heteroatoms. The maximum atomic E-state index is 6.00. The summed E-state index contributed by atoms with van der Waals surface area (Å²) in [6, 6.07) is 8.71. The lowest BCUT2D eigenvalue weighted by Crippen LogP contribution is -2.42. The highest BCUT2D eigenvalue weighted by molar-refractivity contribution is 7.07. The van der Waals surface area contributed by atoms with Crippen LogP contribution in [0.1, 0.15) is 37.3 Å². The van der Waals surface area contributed by atoms with Crippen molar-refractivity contribution in [2.45, 2.75) is 39.5 Å². The molecule has 0 spiro atoms. The number of rotatable bonds is 9. The molecule has 0 saturated carbocycles. The fraction of sp³-hybridized carbons (Fsp3) is 0.476. The molecule has 148 valence electrons. The Morgan fingerprint density at radius 1 is 1.26 bits per heavy atom. The Hall–Kier alpha value is -1.72. The number of nitrogens with zero attached hydrogens (tertiary/aromatic N) is 2. The van der Waals surface area contributed by atoms with Crippen molar-refractivity contribution in [2.24, 2.45) is 4.99 Å². The third-order valence-corrected chi connectivity index (χ3v) is 5.51. The number of aryl methyl sites for hydroxylation is 2. The second-order valence-corrected chi connectivity index (χ2v) is 7.71. The normalized spacial score (nSPS) is 12.9. The van der Waals surface area contributed by atoms with Gasteiger partial charge in [-0.25, -0.2) is 0 Å². The highest BCUT2D eigenvalue weighted by Crippen LogP contribution is 2.20. The zero-order valence-corrected chi connectivity index (χ0v) is 18.1. The summed E-state index contributed by atoms with van der Waals surface area (Å²) in [4.78, 5) is 6.70. The van der Waals surface area contributed by atoms with Crippen LogP contribution in [0, 0.1) is 6.92 Å². The van der Waals surface area contributed by atoms with Gasteiger partial charge in [0.25, 0.3) is 0 Å². The molecule has 1 aliphatic heterocycles. The van der Waals surface area contributed by atoms with E-state index >= 15 is 0 Å². The molecule has 0 fully saturated rings. The van der Waals surface area contributed by atoms with Crippen molar-refractivity contribution in [3.05, 3.63) is 50.7 Å². The molecule has 0 amide bonds. The summed E-state index contributed by atoms with van der Waals surface area (Å²) in [5.74, 6) is 2.13. The summed E-state index contributed by atoms with van der Waals surface area (Å²) in [7, 11) is 2.06. The van der Waals surface area contributed by atoms with Gasteiger partial charge in [-0.3, -0.25) is 4.99 Å². The van der Waals surface area contributed by atoms with Gasteiger partial charge in [0.1, 0.15) is 29.5 Å². The van der Waals surface area contributed by atoms with Crippen LogP contribution in [-0.2, 0) is 6.42 Å². The smallest absolute Gasteiger partial charge is 0.123 e. The average molecular weight is 408 g/mol. The van der Waals surface area contributed by atoms with E-state index in [2.05, 4.69) is 65.7 Å². The standard InChI is InChI=1S/C21H29N3OS.ClH/c1-4-5-6-7-17-8-9-19(16(2)14-17)25-12-11-22-20-18-10-13-26-21(18)23-15-24(20)3;/h8-10,13-14,22H,4-7,11-12,15H2,1-3H3;1H. The molecule has 4 nitrogen and oxygen atoms in total. The van der Waals surface area contributed by atoms with Gasteiger partial charge in [0, 0.05) is 7.05 Å². The first-order chi connectivity index (χ1) is 12.7. The van der Waals surface area contributed by atoms with Crippen molar-refractivity contribution in [1.29, 1.82) is 0 Å². The minimum atomic E-state index is 0. The summed E-state index contributed by atoms with van der Waals surface area (Å²) in [6.45, 7) is 6.49. The molecule has 1 aliphatic rings. The quantitative estimate of drug-likeness (QED) is 0.646. The number of nitrogens with one attached hydrogen (secondary N) is 1. The first kappa shape index (κ1) is 21.6. The number of halogens is 1.